The second-order valence-corrected chi connectivity index (χ2v) is 6.71. The van der Waals surface area contributed by atoms with E-state index in [2.05, 4.69) is 37.1 Å². The molecule has 3 nitrogen and oxygen atoms in total. The third-order valence-electron chi connectivity index (χ3n) is 4.26. The van der Waals surface area contributed by atoms with Crippen LogP contribution in [0.15, 0.2) is 0 Å². The van der Waals surface area contributed by atoms with Crippen molar-refractivity contribution in [1.82, 2.24) is 10.2 Å². The minimum atomic E-state index is 0.00115. The molecule has 2 aliphatic rings. The van der Waals surface area contributed by atoms with Crippen molar-refractivity contribution in [3.8, 4) is 6.07 Å². The molecule has 17 heavy (non-hydrogen) atoms. The zero-order valence-corrected chi connectivity index (χ0v) is 11.4. The Morgan fingerprint density at radius 1 is 1.29 bits per heavy atom. The fourth-order valence-corrected chi connectivity index (χ4v) is 2.57. The smallest absolute Gasteiger partial charge is 0.0703 e. The van der Waals surface area contributed by atoms with E-state index in [4.69, 9.17) is 5.26 Å². The number of rotatable bonds is 3. The number of nitrogens with one attached hydrogen (secondary N) is 1. The molecular formula is C14H25N3. The van der Waals surface area contributed by atoms with Crippen molar-refractivity contribution in [3.63, 3.8) is 0 Å². The minimum absolute atomic E-state index is 0.00115. The molecule has 0 radical (unpaired) electrons. The summed E-state index contributed by atoms with van der Waals surface area (Å²) in [5.41, 5.74) is 0.302. The van der Waals surface area contributed by atoms with Crippen LogP contribution in [0.3, 0.4) is 0 Å². The number of hydrogen-bond acceptors (Lipinski definition) is 3. The highest BCUT2D eigenvalue weighted by Crippen LogP contribution is 2.44. The van der Waals surface area contributed by atoms with Crippen LogP contribution in [0.4, 0.5) is 0 Å². The van der Waals surface area contributed by atoms with Gasteiger partial charge in [0.05, 0.1) is 11.5 Å². The van der Waals surface area contributed by atoms with Crippen LogP contribution in [0.25, 0.3) is 0 Å². The lowest BCUT2D eigenvalue weighted by molar-refractivity contribution is 0.0956. The van der Waals surface area contributed by atoms with Gasteiger partial charge in [-0.2, -0.15) is 5.26 Å². The third kappa shape index (κ3) is 3.20. The van der Waals surface area contributed by atoms with E-state index in [-0.39, 0.29) is 5.41 Å². The molecule has 2 rings (SSSR count). The number of nitrogens with zero attached hydrogens (tertiary/aromatic N) is 2. The zero-order chi connectivity index (χ0) is 12.5. The van der Waals surface area contributed by atoms with Crippen molar-refractivity contribution < 1.29 is 0 Å². The summed E-state index contributed by atoms with van der Waals surface area (Å²) in [5.74, 6) is 0. The standard InChI is InChI=1S/C14H25N3/c1-13(2,3)17-8-4-12(5-9-17)16-11-14(10-15)6-7-14/h12,16H,4-9,11H2,1-3H3. The average Bonchev–Trinajstić information content (AvgIpc) is 3.06. The molecule has 3 heteroatoms. The molecular weight excluding hydrogens is 210 g/mol. The third-order valence-corrected chi connectivity index (χ3v) is 4.26. The predicted octanol–water partition coefficient (Wildman–Crippen LogP) is 2.14. The molecule has 96 valence electrons. The van der Waals surface area contributed by atoms with E-state index < -0.39 is 0 Å². The molecule has 1 saturated carbocycles. The molecule has 0 spiro atoms. The van der Waals surface area contributed by atoms with Gasteiger partial charge < -0.3 is 5.32 Å². The van der Waals surface area contributed by atoms with Crippen LogP contribution in [0, 0.1) is 16.7 Å². The van der Waals surface area contributed by atoms with Crippen molar-refractivity contribution in [2.75, 3.05) is 19.6 Å². The Kier molecular flexibility index (Phi) is 3.47. The molecule has 0 aromatic rings. The summed E-state index contributed by atoms with van der Waals surface area (Å²) in [6.07, 6.45) is 4.63. The van der Waals surface area contributed by atoms with E-state index in [9.17, 15) is 0 Å². The fraction of sp³-hybridized carbons (Fsp3) is 0.929. The first-order chi connectivity index (χ1) is 7.95. The van der Waals surface area contributed by atoms with Gasteiger partial charge in [0.15, 0.2) is 0 Å². The Bertz CT molecular complexity index is 298. The summed E-state index contributed by atoms with van der Waals surface area (Å²) in [6, 6.07) is 3.08. The number of likely N-dealkylation sites (tertiary alicyclic amines) is 1. The lowest BCUT2D eigenvalue weighted by Gasteiger charge is -2.41. The van der Waals surface area contributed by atoms with Crippen LogP contribution in [0.1, 0.15) is 46.5 Å². The van der Waals surface area contributed by atoms with E-state index >= 15 is 0 Å². The van der Waals surface area contributed by atoms with Gasteiger partial charge in [0, 0.05) is 31.2 Å². The van der Waals surface area contributed by atoms with Crippen LogP contribution in [0.5, 0.6) is 0 Å². The highest BCUT2D eigenvalue weighted by Gasteiger charge is 2.43. The van der Waals surface area contributed by atoms with Crippen molar-refractivity contribution in [2.45, 2.75) is 58.0 Å². The van der Waals surface area contributed by atoms with Gasteiger partial charge in [-0.05, 0) is 46.5 Å². The Balaban J connectivity index is 1.71. The van der Waals surface area contributed by atoms with E-state index in [0.717, 1.165) is 19.4 Å². The first kappa shape index (κ1) is 12.9. The lowest BCUT2D eigenvalue weighted by atomic mass is 9.97. The summed E-state index contributed by atoms with van der Waals surface area (Å²) in [7, 11) is 0. The number of nitriles is 1. The van der Waals surface area contributed by atoms with E-state index in [1.165, 1.54) is 25.9 Å². The second-order valence-electron chi connectivity index (χ2n) is 6.71. The highest BCUT2D eigenvalue weighted by atomic mass is 15.2. The molecule has 1 aliphatic heterocycles. The van der Waals surface area contributed by atoms with Gasteiger partial charge in [0.2, 0.25) is 0 Å². The average molecular weight is 235 g/mol. The van der Waals surface area contributed by atoms with Crippen LogP contribution in [-0.2, 0) is 0 Å². The van der Waals surface area contributed by atoms with Gasteiger partial charge in [-0.15, -0.1) is 0 Å². The molecule has 0 amide bonds. The summed E-state index contributed by atoms with van der Waals surface area (Å²) < 4.78 is 0. The molecule has 1 N–H and O–H groups in total. The van der Waals surface area contributed by atoms with Gasteiger partial charge in [-0.25, -0.2) is 0 Å². The monoisotopic (exact) mass is 235 g/mol. The lowest BCUT2D eigenvalue weighted by Crippen LogP contribution is -2.50. The first-order valence-electron chi connectivity index (χ1n) is 6.85. The molecule has 2 fully saturated rings. The van der Waals surface area contributed by atoms with Crippen molar-refractivity contribution in [1.29, 1.82) is 5.26 Å². The van der Waals surface area contributed by atoms with Crippen LogP contribution < -0.4 is 5.32 Å². The topological polar surface area (TPSA) is 39.1 Å². The molecule has 0 aromatic carbocycles. The van der Waals surface area contributed by atoms with Crippen molar-refractivity contribution in [3.05, 3.63) is 0 Å². The maximum Gasteiger partial charge on any atom is 0.0703 e. The van der Waals surface area contributed by atoms with Crippen LogP contribution >= 0.6 is 0 Å². The molecule has 1 aliphatic carbocycles. The summed E-state index contributed by atoms with van der Waals surface area (Å²) in [4.78, 5) is 2.56. The van der Waals surface area contributed by atoms with Gasteiger partial charge in [-0.3, -0.25) is 4.90 Å². The second kappa shape index (κ2) is 4.59. The highest BCUT2D eigenvalue weighted by molar-refractivity contribution is 5.11. The Labute approximate surface area is 105 Å². The van der Waals surface area contributed by atoms with Gasteiger partial charge in [-0.1, -0.05) is 0 Å². The Morgan fingerprint density at radius 2 is 1.88 bits per heavy atom. The number of hydrogen-bond donors (Lipinski definition) is 1. The molecule has 1 saturated heterocycles. The summed E-state index contributed by atoms with van der Waals surface area (Å²) in [5, 5.41) is 12.6. The fourth-order valence-electron chi connectivity index (χ4n) is 2.57. The molecule has 0 bridgehead atoms. The minimum Gasteiger partial charge on any atom is -0.312 e. The maximum atomic E-state index is 9.04. The van der Waals surface area contributed by atoms with E-state index in [0.29, 0.717) is 11.6 Å². The largest absolute Gasteiger partial charge is 0.312 e. The summed E-state index contributed by atoms with van der Waals surface area (Å²) >= 11 is 0. The first-order valence-corrected chi connectivity index (χ1v) is 6.85. The van der Waals surface area contributed by atoms with Gasteiger partial charge in [0.1, 0.15) is 0 Å². The zero-order valence-electron chi connectivity index (χ0n) is 11.4. The molecule has 0 unspecified atom stereocenters. The Hall–Kier alpha value is -0.590. The van der Waals surface area contributed by atoms with Crippen LogP contribution in [0.2, 0.25) is 0 Å². The normalized spacial score (nSPS) is 25.5. The molecule has 0 atom stereocenters. The van der Waals surface area contributed by atoms with Crippen molar-refractivity contribution in [2.24, 2.45) is 5.41 Å². The van der Waals surface area contributed by atoms with E-state index in [1.807, 2.05) is 0 Å². The number of piperidine rings is 1. The SMILES string of the molecule is CC(C)(C)N1CCC(NCC2(C#N)CC2)CC1. The van der Waals surface area contributed by atoms with E-state index in [1.54, 1.807) is 0 Å². The molecule has 1 heterocycles. The molecule has 0 aromatic heterocycles. The van der Waals surface area contributed by atoms with Gasteiger partial charge in [0.25, 0.3) is 0 Å². The Morgan fingerprint density at radius 3 is 2.29 bits per heavy atom. The predicted molar refractivity (Wildman–Crippen MR) is 69.6 cm³/mol. The quantitative estimate of drug-likeness (QED) is 0.814. The van der Waals surface area contributed by atoms with Crippen LogP contribution in [-0.4, -0.2) is 36.1 Å². The summed E-state index contributed by atoms with van der Waals surface area (Å²) in [6.45, 7) is 10.1. The maximum absolute atomic E-state index is 9.04. The van der Waals surface area contributed by atoms with Gasteiger partial charge >= 0.3 is 0 Å². The van der Waals surface area contributed by atoms with Crippen molar-refractivity contribution >= 4 is 0 Å².